The highest BCUT2D eigenvalue weighted by Gasteiger charge is 2.36. The maximum absolute atomic E-state index is 12.6. The topological polar surface area (TPSA) is 52.7 Å². The lowest BCUT2D eigenvalue weighted by atomic mass is 9.96. The molecular formula is C13H28ClN3O2S. The van der Waals surface area contributed by atoms with E-state index < -0.39 is 10.2 Å². The van der Waals surface area contributed by atoms with Crippen LogP contribution < -0.4 is 5.32 Å². The monoisotopic (exact) mass is 325 g/mol. The summed E-state index contributed by atoms with van der Waals surface area (Å²) in [6.07, 6.45) is 6.57. The van der Waals surface area contributed by atoms with Gasteiger partial charge in [-0.3, -0.25) is 0 Å². The van der Waals surface area contributed by atoms with Gasteiger partial charge in [-0.25, -0.2) is 0 Å². The zero-order valence-corrected chi connectivity index (χ0v) is 14.2. The zero-order valence-electron chi connectivity index (χ0n) is 12.5. The minimum absolute atomic E-state index is 0. The first-order valence-corrected chi connectivity index (χ1v) is 8.83. The summed E-state index contributed by atoms with van der Waals surface area (Å²) in [5.74, 6) is 0.458. The molecule has 1 N–H and O–H groups in total. The Morgan fingerprint density at radius 3 is 2.45 bits per heavy atom. The number of hydrogen-bond acceptors (Lipinski definition) is 3. The molecule has 2 aliphatic rings. The maximum atomic E-state index is 12.6. The molecule has 1 atom stereocenters. The Kier molecular flexibility index (Phi) is 7.21. The van der Waals surface area contributed by atoms with E-state index in [2.05, 4.69) is 5.32 Å². The molecule has 0 spiro atoms. The number of nitrogens with zero attached hydrogens (tertiary/aromatic N) is 2. The molecule has 1 unspecified atom stereocenters. The van der Waals surface area contributed by atoms with Crippen molar-refractivity contribution >= 4 is 22.6 Å². The van der Waals surface area contributed by atoms with Gasteiger partial charge in [0.15, 0.2) is 0 Å². The van der Waals surface area contributed by atoms with Crippen LogP contribution in [0.5, 0.6) is 0 Å². The predicted molar refractivity (Wildman–Crippen MR) is 84.4 cm³/mol. The summed E-state index contributed by atoms with van der Waals surface area (Å²) in [4.78, 5) is 0. The van der Waals surface area contributed by atoms with Gasteiger partial charge in [-0.1, -0.05) is 19.3 Å². The van der Waals surface area contributed by atoms with E-state index >= 15 is 0 Å². The smallest absolute Gasteiger partial charge is 0.281 e. The molecule has 0 aromatic carbocycles. The van der Waals surface area contributed by atoms with Crippen molar-refractivity contribution in [2.75, 3.05) is 33.7 Å². The van der Waals surface area contributed by atoms with Gasteiger partial charge in [0.05, 0.1) is 0 Å². The lowest BCUT2D eigenvalue weighted by Crippen LogP contribution is -2.46. The first-order chi connectivity index (χ1) is 9.05. The van der Waals surface area contributed by atoms with Crippen LogP contribution in [0.25, 0.3) is 0 Å². The van der Waals surface area contributed by atoms with Gasteiger partial charge in [-0.2, -0.15) is 17.0 Å². The van der Waals surface area contributed by atoms with Crippen molar-refractivity contribution in [3.63, 3.8) is 0 Å². The Hall–Kier alpha value is 0.120. The first-order valence-electron chi connectivity index (χ1n) is 7.43. The summed E-state index contributed by atoms with van der Waals surface area (Å²) in [7, 11) is 0.432. The van der Waals surface area contributed by atoms with Crippen LogP contribution in [0.2, 0.25) is 0 Å². The van der Waals surface area contributed by atoms with Gasteiger partial charge in [-0.15, -0.1) is 12.4 Å². The third kappa shape index (κ3) is 4.07. The van der Waals surface area contributed by atoms with E-state index in [1.807, 2.05) is 7.05 Å². The second-order valence-corrected chi connectivity index (χ2v) is 7.87. The fraction of sp³-hybridized carbons (Fsp3) is 1.00. The molecule has 1 heterocycles. The van der Waals surface area contributed by atoms with Crippen molar-refractivity contribution < 1.29 is 8.42 Å². The minimum atomic E-state index is -3.25. The molecule has 1 aliphatic heterocycles. The predicted octanol–water partition coefficient (Wildman–Crippen LogP) is 1.46. The van der Waals surface area contributed by atoms with Crippen LogP contribution in [0.4, 0.5) is 0 Å². The highest BCUT2D eigenvalue weighted by atomic mass is 35.5. The summed E-state index contributed by atoms with van der Waals surface area (Å²) >= 11 is 0. The van der Waals surface area contributed by atoms with Gasteiger partial charge in [0.2, 0.25) is 0 Å². The SMILES string of the molecule is CNCC1CCN(S(=O)(=O)N(C)C2CCCCC2)C1.Cl. The van der Waals surface area contributed by atoms with E-state index in [1.165, 1.54) is 6.42 Å². The van der Waals surface area contributed by atoms with Gasteiger partial charge in [0.1, 0.15) is 0 Å². The Morgan fingerprint density at radius 2 is 1.85 bits per heavy atom. The third-order valence-corrected chi connectivity index (χ3v) is 6.53. The summed E-state index contributed by atoms with van der Waals surface area (Å²) in [5, 5.41) is 3.14. The van der Waals surface area contributed by atoms with Crippen LogP contribution in [0.1, 0.15) is 38.5 Å². The van der Waals surface area contributed by atoms with Crippen molar-refractivity contribution in [1.82, 2.24) is 13.9 Å². The highest BCUT2D eigenvalue weighted by Crippen LogP contribution is 2.27. The van der Waals surface area contributed by atoms with Crippen LogP contribution in [-0.4, -0.2) is 56.8 Å². The van der Waals surface area contributed by atoms with Crippen LogP contribution >= 0.6 is 12.4 Å². The number of nitrogens with one attached hydrogen (secondary N) is 1. The van der Waals surface area contributed by atoms with E-state index in [9.17, 15) is 8.42 Å². The van der Waals surface area contributed by atoms with E-state index in [1.54, 1.807) is 15.7 Å². The van der Waals surface area contributed by atoms with Crippen molar-refractivity contribution in [2.24, 2.45) is 5.92 Å². The van der Waals surface area contributed by atoms with Crippen LogP contribution in [0, 0.1) is 5.92 Å². The van der Waals surface area contributed by atoms with E-state index in [-0.39, 0.29) is 18.4 Å². The van der Waals surface area contributed by atoms with Gasteiger partial charge in [-0.05, 0) is 38.8 Å². The van der Waals surface area contributed by atoms with Crippen molar-refractivity contribution in [2.45, 2.75) is 44.6 Å². The molecular weight excluding hydrogens is 298 g/mol. The highest BCUT2D eigenvalue weighted by molar-refractivity contribution is 7.86. The summed E-state index contributed by atoms with van der Waals surface area (Å²) in [6.45, 7) is 2.24. The average molecular weight is 326 g/mol. The lowest BCUT2D eigenvalue weighted by Gasteiger charge is -2.33. The number of hydrogen-bond donors (Lipinski definition) is 1. The van der Waals surface area contributed by atoms with Gasteiger partial charge >= 0.3 is 0 Å². The van der Waals surface area contributed by atoms with Gasteiger partial charge in [0, 0.05) is 26.2 Å². The molecule has 1 saturated heterocycles. The fourth-order valence-corrected chi connectivity index (χ4v) is 4.96. The van der Waals surface area contributed by atoms with E-state index in [4.69, 9.17) is 0 Å². The average Bonchev–Trinajstić information content (AvgIpc) is 2.89. The summed E-state index contributed by atoms with van der Waals surface area (Å²) in [6, 6.07) is 0.210. The standard InChI is InChI=1S/C13H27N3O2S.ClH/c1-14-10-12-8-9-16(11-12)19(17,18)15(2)13-6-4-3-5-7-13;/h12-14H,3-11H2,1-2H3;1H. The second kappa shape index (κ2) is 7.94. The summed E-state index contributed by atoms with van der Waals surface area (Å²) in [5.41, 5.74) is 0. The fourth-order valence-electron chi connectivity index (χ4n) is 3.28. The van der Waals surface area contributed by atoms with E-state index in [0.717, 1.165) is 38.6 Å². The molecule has 0 bridgehead atoms. The lowest BCUT2D eigenvalue weighted by molar-refractivity contribution is 0.268. The molecule has 120 valence electrons. The summed E-state index contributed by atoms with van der Waals surface area (Å²) < 4.78 is 28.5. The maximum Gasteiger partial charge on any atom is 0.281 e. The van der Waals surface area contributed by atoms with Gasteiger partial charge in [0.25, 0.3) is 10.2 Å². The zero-order chi connectivity index (χ0) is 13.9. The van der Waals surface area contributed by atoms with Gasteiger partial charge < -0.3 is 5.32 Å². The molecule has 2 fully saturated rings. The quantitative estimate of drug-likeness (QED) is 0.832. The number of rotatable bonds is 5. The Balaban J connectivity index is 0.00000200. The van der Waals surface area contributed by atoms with Crippen LogP contribution in [-0.2, 0) is 10.2 Å². The molecule has 0 aromatic rings. The molecule has 0 aromatic heterocycles. The van der Waals surface area contributed by atoms with Crippen molar-refractivity contribution in [1.29, 1.82) is 0 Å². The Labute approximate surface area is 129 Å². The molecule has 0 amide bonds. The van der Waals surface area contributed by atoms with Crippen molar-refractivity contribution in [3.8, 4) is 0 Å². The molecule has 5 nitrogen and oxygen atoms in total. The normalized spacial score (nSPS) is 25.9. The van der Waals surface area contributed by atoms with Crippen molar-refractivity contribution in [3.05, 3.63) is 0 Å². The molecule has 1 saturated carbocycles. The molecule has 7 heteroatoms. The largest absolute Gasteiger partial charge is 0.319 e. The number of halogens is 1. The Morgan fingerprint density at radius 1 is 1.20 bits per heavy atom. The molecule has 1 aliphatic carbocycles. The molecule has 20 heavy (non-hydrogen) atoms. The van der Waals surface area contributed by atoms with E-state index in [0.29, 0.717) is 19.0 Å². The Bertz CT molecular complexity index is 385. The van der Waals surface area contributed by atoms with Crippen LogP contribution in [0.15, 0.2) is 0 Å². The molecule has 2 rings (SSSR count). The molecule has 0 radical (unpaired) electrons. The third-order valence-electron chi connectivity index (χ3n) is 4.52. The second-order valence-electron chi connectivity index (χ2n) is 5.89. The first kappa shape index (κ1) is 18.2. The minimum Gasteiger partial charge on any atom is -0.319 e. The van der Waals surface area contributed by atoms with Crippen LogP contribution in [0.3, 0.4) is 0 Å².